The molecule has 0 amide bonds. The predicted molar refractivity (Wildman–Crippen MR) is 76.5 cm³/mol. The molecular formula is C14H32NO4+. The van der Waals surface area contributed by atoms with E-state index in [1.807, 2.05) is 0 Å². The van der Waals surface area contributed by atoms with E-state index < -0.39 is 0 Å². The molecule has 0 radical (unpaired) electrons. The lowest BCUT2D eigenvalue weighted by Crippen LogP contribution is -2.48. The second-order valence-electron chi connectivity index (χ2n) is 5.09. The first-order valence-electron chi connectivity index (χ1n) is 7.06. The van der Waals surface area contributed by atoms with Crippen LogP contribution in [0.4, 0.5) is 0 Å². The molecule has 0 bridgehead atoms. The van der Waals surface area contributed by atoms with Crippen molar-refractivity contribution in [2.45, 2.75) is 12.8 Å². The molecule has 0 rings (SSSR count). The zero-order chi connectivity index (χ0) is 14.4. The van der Waals surface area contributed by atoms with Crippen LogP contribution in [-0.4, -0.2) is 85.5 Å². The molecule has 0 aromatic rings. The van der Waals surface area contributed by atoms with Gasteiger partial charge in [0.05, 0.1) is 53.2 Å². The van der Waals surface area contributed by atoms with E-state index in [1.54, 1.807) is 21.3 Å². The molecule has 0 atom stereocenters. The lowest BCUT2D eigenvalue weighted by atomic mass is 10.3. The van der Waals surface area contributed by atoms with Gasteiger partial charge in [-0.2, -0.15) is 0 Å². The van der Waals surface area contributed by atoms with Crippen LogP contribution in [0.5, 0.6) is 0 Å². The number of hydrogen-bond acceptors (Lipinski definition) is 4. The predicted octanol–water partition coefficient (Wildman–Crippen LogP) is 1.17. The van der Waals surface area contributed by atoms with Crippen LogP contribution in [-0.2, 0) is 18.9 Å². The summed E-state index contributed by atoms with van der Waals surface area (Å²) in [4.78, 5) is 0. The van der Waals surface area contributed by atoms with Crippen LogP contribution in [0.25, 0.3) is 0 Å². The number of nitrogens with zero attached hydrogens (tertiary/aromatic N) is 1. The maximum atomic E-state index is 5.58. The molecule has 0 aliphatic heterocycles. The summed E-state index contributed by atoms with van der Waals surface area (Å²) in [6, 6.07) is 0. The van der Waals surface area contributed by atoms with Gasteiger partial charge < -0.3 is 23.4 Å². The average molecular weight is 278 g/mol. The molecule has 19 heavy (non-hydrogen) atoms. The Bertz CT molecular complexity index is 180. The van der Waals surface area contributed by atoms with E-state index in [-0.39, 0.29) is 0 Å². The molecule has 0 saturated carbocycles. The molecule has 0 aromatic carbocycles. The van der Waals surface area contributed by atoms with Crippen molar-refractivity contribution >= 4 is 0 Å². The van der Waals surface area contributed by atoms with Gasteiger partial charge in [-0.3, -0.25) is 0 Å². The first kappa shape index (κ1) is 18.8. The Morgan fingerprint density at radius 2 is 1.16 bits per heavy atom. The highest BCUT2D eigenvalue weighted by Gasteiger charge is 2.20. The molecule has 0 spiro atoms. The number of hydrogen-bond donors (Lipinski definition) is 0. The van der Waals surface area contributed by atoms with Gasteiger partial charge >= 0.3 is 0 Å². The van der Waals surface area contributed by atoms with Gasteiger partial charge in [0.2, 0.25) is 0 Å². The SMILES string of the molecule is COCCC[N+](C)(CCCOC)CCOCCOC. The summed E-state index contributed by atoms with van der Waals surface area (Å²) in [5.74, 6) is 0. The van der Waals surface area contributed by atoms with E-state index in [2.05, 4.69) is 7.05 Å². The fraction of sp³-hybridized carbons (Fsp3) is 1.00. The first-order chi connectivity index (χ1) is 9.18. The molecule has 0 aliphatic carbocycles. The molecule has 5 heteroatoms. The van der Waals surface area contributed by atoms with E-state index in [4.69, 9.17) is 18.9 Å². The van der Waals surface area contributed by atoms with Crippen molar-refractivity contribution in [3.63, 3.8) is 0 Å². The highest BCUT2D eigenvalue weighted by molar-refractivity contribution is 4.44. The van der Waals surface area contributed by atoms with Gasteiger partial charge in [0, 0.05) is 34.2 Å². The summed E-state index contributed by atoms with van der Waals surface area (Å²) in [5.41, 5.74) is 0. The Morgan fingerprint density at radius 1 is 0.632 bits per heavy atom. The molecule has 0 N–H and O–H groups in total. The normalized spacial score (nSPS) is 12.0. The van der Waals surface area contributed by atoms with Crippen molar-refractivity contribution in [2.24, 2.45) is 0 Å². The van der Waals surface area contributed by atoms with Crippen molar-refractivity contribution in [1.29, 1.82) is 0 Å². The third-order valence-electron chi connectivity index (χ3n) is 3.30. The second kappa shape index (κ2) is 12.8. The summed E-state index contributed by atoms with van der Waals surface area (Å²) >= 11 is 0. The summed E-state index contributed by atoms with van der Waals surface area (Å²) < 4.78 is 21.8. The lowest BCUT2D eigenvalue weighted by molar-refractivity contribution is -0.910. The Kier molecular flexibility index (Phi) is 12.7. The fourth-order valence-corrected chi connectivity index (χ4v) is 2.05. The summed E-state index contributed by atoms with van der Waals surface area (Å²) in [7, 11) is 7.48. The van der Waals surface area contributed by atoms with Gasteiger partial charge in [-0.25, -0.2) is 0 Å². The minimum atomic E-state index is 0.664. The third kappa shape index (κ3) is 11.3. The zero-order valence-electron chi connectivity index (χ0n) is 13.2. The monoisotopic (exact) mass is 278 g/mol. The second-order valence-corrected chi connectivity index (χ2v) is 5.09. The quantitative estimate of drug-likeness (QED) is 0.353. The molecule has 0 heterocycles. The van der Waals surface area contributed by atoms with Gasteiger partial charge in [0.1, 0.15) is 6.54 Å². The van der Waals surface area contributed by atoms with E-state index in [1.165, 1.54) is 0 Å². The van der Waals surface area contributed by atoms with Crippen molar-refractivity contribution in [3.8, 4) is 0 Å². The standard InChI is InChI=1S/C14H32NO4/c1-15(7-5-10-16-2,8-6-11-17-3)9-12-19-14-13-18-4/h5-14H2,1-4H3/q+1. The highest BCUT2D eigenvalue weighted by Crippen LogP contribution is 2.06. The van der Waals surface area contributed by atoms with E-state index in [0.717, 1.165) is 56.8 Å². The summed E-state index contributed by atoms with van der Waals surface area (Å²) in [5, 5.41) is 0. The average Bonchev–Trinajstić information content (AvgIpc) is 2.39. The van der Waals surface area contributed by atoms with E-state index in [0.29, 0.717) is 13.2 Å². The molecule has 0 aromatic heterocycles. The first-order valence-corrected chi connectivity index (χ1v) is 7.06. The van der Waals surface area contributed by atoms with Crippen LogP contribution in [0, 0.1) is 0 Å². The van der Waals surface area contributed by atoms with Gasteiger partial charge in [-0.1, -0.05) is 0 Å². The van der Waals surface area contributed by atoms with Gasteiger partial charge in [-0.05, 0) is 0 Å². The van der Waals surface area contributed by atoms with Crippen molar-refractivity contribution in [1.82, 2.24) is 0 Å². The molecule has 5 nitrogen and oxygen atoms in total. The number of ether oxygens (including phenoxy) is 4. The van der Waals surface area contributed by atoms with Crippen molar-refractivity contribution < 1.29 is 23.4 Å². The maximum absolute atomic E-state index is 5.58. The van der Waals surface area contributed by atoms with Crippen LogP contribution < -0.4 is 0 Å². The highest BCUT2D eigenvalue weighted by atomic mass is 16.5. The number of quaternary nitrogens is 1. The number of methoxy groups -OCH3 is 3. The third-order valence-corrected chi connectivity index (χ3v) is 3.30. The van der Waals surface area contributed by atoms with E-state index in [9.17, 15) is 0 Å². The number of rotatable bonds is 14. The van der Waals surface area contributed by atoms with Crippen LogP contribution in [0.2, 0.25) is 0 Å². The van der Waals surface area contributed by atoms with Gasteiger partial charge in [0.15, 0.2) is 0 Å². The Balaban J connectivity index is 3.92. The van der Waals surface area contributed by atoms with Gasteiger partial charge in [-0.15, -0.1) is 0 Å². The minimum Gasteiger partial charge on any atom is -0.384 e. The van der Waals surface area contributed by atoms with Crippen LogP contribution in [0.1, 0.15) is 12.8 Å². The van der Waals surface area contributed by atoms with Crippen molar-refractivity contribution in [2.75, 3.05) is 81.0 Å². The molecule has 0 fully saturated rings. The smallest absolute Gasteiger partial charge is 0.102 e. The van der Waals surface area contributed by atoms with E-state index >= 15 is 0 Å². The van der Waals surface area contributed by atoms with Crippen molar-refractivity contribution in [3.05, 3.63) is 0 Å². The fourth-order valence-electron chi connectivity index (χ4n) is 2.05. The molecule has 0 unspecified atom stereocenters. The summed E-state index contributed by atoms with van der Waals surface area (Å²) in [6.07, 6.45) is 2.16. The molecular weight excluding hydrogens is 246 g/mol. The Labute approximate surface area is 118 Å². The van der Waals surface area contributed by atoms with Crippen LogP contribution in [0.3, 0.4) is 0 Å². The topological polar surface area (TPSA) is 36.9 Å². The lowest BCUT2D eigenvalue weighted by Gasteiger charge is -2.34. The minimum absolute atomic E-state index is 0.664. The van der Waals surface area contributed by atoms with Crippen LogP contribution in [0.15, 0.2) is 0 Å². The van der Waals surface area contributed by atoms with Gasteiger partial charge in [0.25, 0.3) is 0 Å². The maximum Gasteiger partial charge on any atom is 0.102 e. The Hall–Kier alpha value is -0.200. The molecule has 116 valence electrons. The number of likely N-dealkylation sites (N-methyl/N-ethyl adjacent to an activating group) is 1. The van der Waals surface area contributed by atoms with Crippen LogP contribution >= 0.6 is 0 Å². The summed E-state index contributed by atoms with van der Waals surface area (Å²) in [6.45, 7) is 7.02. The Morgan fingerprint density at radius 3 is 1.63 bits per heavy atom. The molecule has 0 aliphatic rings. The zero-order valence-corrected chi connectivity index (χ0v) is 13.2. The largest absolute Gasteiger partial charge is 0.384 e. The molecule has 0 saturated heterocycles.